The maximum Gasteiger partial charge on any atom is 0.313 e. The van der Waals surface area contributed by atoms with E-state index in [1.807, 2.05) is 0 Å². The van der Waals surface area contributed by atoms with E-state index in [0.29, 0.717) is 0 Å². The average molecular weight is 161 g/mol. The predicted octanol–water partition coefficient (Wildman–Crippen LogP) is -0.495. The summed E-state index contributed by atoms with van der Waals surface area (Å²) < 4.78 is 4.48. The summed E-state index contributed by atoms with van der Waals surface area (Å²) in [6, 6.07) is 0. The van der Waals surface area contributed by atoms with E-state index in [0.717, 1.165) is 0 Å². The molecule has 11 heavy (non-hydrogen) atoms. The number of methoxy groups -OCH3 is 1. The maximum absolute atomic E-state index is 11.0. The third-order valence-corrected chi connectivity index (χ3v) is 1.77. The van der Waals surface area contributed by atoms with Crippen LogP contribution in [0.1, 0.15) is 13.8 Å². The Bertz CT molecular complexity index is 145. The van der Waals surface area contributed by atoms with Crippen molar-refractivity contribution in [2.24, 2.45) is 11.1 Å². The van der Waals surface area contributed by atoms with Gasteiger partial charge in [0.15, 0.2) is 0 Å². The molecule has 0 aliphatic rings. The molecule has 1 atom stereocenters. The van der Waals surface area contributed by atoms with Gasteiger partial charge in [0, 0.05) is 6.54 Å². The predicted molar refractivity (Wildman–Crippen MR) is 40.9 cm³/mol. The number of aliphatic hydroxyl groups is 1. The molecule has 3 N–H and O–H groups in total. The van der Waals surface area contributed by atoms with Crippen LogP contribution < -0.4 is 5.73 Å². The van der Waals surface area contributed by atoms with E-state index in [9.17, 15) is 9.90 Å². The molecule has 0 fully saturated rings. The molecule has 0 aromatic heterocycles. The van der Waals surface area contributed by atoms with E-state index >= 15 is 0 Å². The molecule has 0 aliphatic heterocycles. The second-order valence-electron chi connectivity index (χ2n) is 2.96. The van der Waals surface area contributed by atoms with Gasteiger partial charge in [0.25, 0.3) is 0 Å². The largest absolute Gasteiger partial charge is 0.469 e. The second-order valence-corrected chi connectivity index (χ2v) is 2.96. The highest BCUT2D eigenvalue weighted by atomic mass is 16.5. The first-order chi connectivity index (χ1) is 4.96. The summed E-state index contributed by atoms with van der Waals surface area (Å²) in [5, 5.41) is 9.26. The molecule has 0 radical (unpaired) electrons. The Labute approximate surface area is 66.3 Å². The first-order valence-electron chi connectivity index (χ1n) is 3.43. The fourth-order valence-corrected chi connectivity index (χ4v) is 0.694. The zero-order chi connectivity index (χ0) is 9.07. The van der Waals surface area contributed by atoms with Gasteiger partial charge in [-0.1, -0.05) is 0 Å². The van der Waals surface area contributed by atoms with E-state index in [4.69, 9.17) is 5.73 Å². The number of ether oxygens (including phenoxy) is 1. The molecule has 0 heterocycles. The molecule has 66 valence electrons. The van der Waals surface area contributed by atoms with Crippen LogP contribution in [0.2, 0.25) is 0 Å². The molecule has 0 aromatic carbocycles. The highest BCUT2D eigenvalue weighted by molar-refractivity contribution is 5.76. The van der Waals surface area contributed by atoms with E-state index in [1.54, 1.807) is 13.8 Å². The Morgan fingerprint density at radius 1 is 1.73 bits per heavy atom. The molecule has 0 saturated carbocycles. The lowest BCUT2D eigenvalue weighted by Crippen LogP contribution is -2.42. The molecule has 0 aliphatic carbocycles. The van der Waals surface area contributed by atoms with Gasteiger partial charge in [0.2, 0.25) is 0 Å². The van der Waals surface area contributed by atoms with Crippen molar-refractivity contribution in [2.75, 3.05) is 13.7 Å². The smallest absolute Gasteiger partial charge is 0.313 e. The highest BCUT2D eigenvalue weighted by Crippen LogP contribution is 2.21. The van der Waals surface area contributed by atoms with Crippen LogP contribution in [0.15, 0.2) is 0 Å². The van der Waals surface area contributed by atoms with E-state index in [2.05, 4.69) is 4.74 Å². The topological polar surface area (TPSA) is 72.5 Å². The molecular weight excluding hydrogens is 146 g/mol. The number of hydrogen-bond donors (Lipinski definition) is 2. The number of aliphatic hydroxyl groups excluding tert-OH is 1. The van der Waals surface area contributed by atoms with Gasteiger partial charge < -0.3 is 15.6 Å². The third kappa shape index (κ3) is 2.17. The monoisotopic (exact) mass is 161 g/mol. The van der Waals surface area contributed by atoms with Gasteiger partial charge in [-0.2, -0.15) is 0 Å². The number of esters is 1. The number of hydrogen-bond acceptors (Lipinski definition) is 4. The van der Waals surface area contributed by atoms with Gasteiger partial charge in [-0.05, 0) is 13.8 Å². The molecular formula is C7H15NO3. The Morgan fingerprint density at radius 2 is 2.18 bits per heavy atom. The van der Waals surface area contributed by atoms with Crippen molar-refractivity contribution >= 4 is 5.97 Å². The van der Waals surface area contributed by atoms with Gasteiger partial charge in [-0.15, -0.1) is 0 Å². The fourth-order valence-electron chi connectivity index (χ4n) is 0.694. The molecule has 0 spiro atoms. The number of carbonyl (C=O) groups excluding carboxylic acids is 1. The fraction of sp³-hybridized carbons (Fsp3) is 0.857. The van der Waals surface area contributed by atoms with Crippen molar-refractivity contribution < 1.29 is 14.6 Å². The number of carbonyl (C=O) groups is 1. The summed E-state index contributed by atoms with van der Waals surface area (Å²) >= 11 is 0. The minimum Gasteiger partial charge on any atom is -0.469 e. The van der Waals surface area contributed by atoms with Crippen molar-refractivity contribution in [2.45, 2.75) is 20.0 Å². The lowest BCUT2D eigenvalue weighted by atomic mass is 9.87. The van der Waals surface area contributed by atoms with Gasteiger partial charge in [-0.3, -0.25) is 4.79 Å². The molecule has 4 nitrogen and oxygen atoms in total. The summed E-state index contributed by atoms with van der Waals surface area (Å²) in [7, 11) is 1.29. The first kappa shape index (κ1) is 10.4. The van der Waals surface area contributed by atoms with Crippen molar-refractivity contribution in [3.8, 4) is 0 Å². The summed E-state index contributed by atoms with van der Waals surface area (Å²) in [6.07, 6.45) is -0.852. The Morgan fingerprint density at radius 3 is 2.45 bits per heavy atom. The Balaban J connectivity index is 4.31. The molecule has 1 unspecified atom stereocenters. The molecule has 0 saturated heterocycles. The number of rotatable bonds is 3. The quantitative estimate of drug-likeness (QED) is 0.547. The van der Waals surface area contributed by atoms with Gasteiger partial charge in [-0.25, -0.2) is 0 Å². The van der Waals surface area contributed by atoms with Crippen LogP contribution in [0.5, 0.6) is 0 Å². The SMILES string of the molecule is COC(=O)C(C)(C)C(O)CN. The van der Waals surface area contributed by atoms with Crippen LogP contribution in [0.3, 0.4) is 0 Å². The summed E-state index contributed by atoms with van der Waals surface area (Å²) in [5.41, 5.74) is 4.28. The van der Waals surface area contributed by atoms with Crippen molar-refractivity contribution in [1.29, 1.82) is 0 Å². The van der Waals surface area contributed by atoms with Crippen LogP contribution in [0, 0.1) is 5.41 Å². The van der Waals surface area contributed by atoms with Gasteiger partial charge >= 0.3 is 5.97 Å². The molecule has 4 heteroatoms. The van der Waals surface area contributed by atoms with Crippen LogP contribution in [-0.2, 0) is 9.53 Å². The van der Waals surface area contributed by atoms with E-state index in [-0.39, 0.29) is 6.54 Å². The lowest BCUT2D eigenvalue weighted by molar-refractivity contribution is -0.156. The lowest BCUT2D eigenvalue weighted by Gasteiger charge is -2.26. The van der Waals surface area contributed by atoms with E-state index < -0.39 is 17.5 Å². The third-order valence-electron chi connectivity index (χ3n) is 1.77. The highest BCUT2D eigenvalue weighted by Gasteiger charge is 2.35. The van der Waals surface area contributed by atoms with Crippen molar-refractivity contribution in [3.63, 3.8) is 0 Å². The average Bonchev–Trinajstić information content (AvgIpc) is 2.01. The molecule has 0 rings (SSSR count). The van der Waals surface area contributed by atoms with Gasteiger partial charge in [0.05, 0.1) is 18.6 Å². The zero-order valence-electron chi connectivity index (χ0n) is 7.13. The number of nitrogens with two attached hydrogens (primary N) is 1. The van der Waals surface area contributed by atoms with Crippen LogP contribution >= 0.6 is 0 Å². The summed E-state index contributed by atoms with van der Waals surface area (Å²) in [6.45, 7) is 3.24. The summed E-state index contributed by atoms with van der Waals surface area (Å²) in [4.78, 5) is 11.0. The molecule has 0 bridgehead atoms. The van der Waals surface area contributed by atoms with Crippen molar-refractivity contribution in [3.05, 3.63) is 0 Å². The second kappa shape index (κ2) is 3.69. The van der Waals surface area contributed by atoms with Crippen LogP contribution in [0.4, 0.5) is 0 Å². The first-order valence-corrected chi connectivity index (χ1v) is 3.43. The molecule has 0 aromatic rings. The van der Waals surface area contributed by atoms with Crippen molar-refractivity contribution in [1.82, 2.24) is 0 Å². The summed E-state index contributed by atoms with van der Waals surface area (Å²) in [5.74, 6) is -0.449. The zero-order valence-corrected chi connectivity index (χ0v) is 7.13. The maximum atomic E-state index is 11.0. The van der Waals surface area contributed by atoms with Crippen LogP contribution in [0.25, 0.3) is 0 Å². The minimum absolute atomic E-state index is 0.0576. The normalized spacial score (nSPS) is 14.3. The standard InChI is InChI=1S/C7H15NO3/c1-7(2,5(9)4-8)6(10)11-3/h5,9H,4,8H2,1-3H3. The van der Waals surface area contributed by atoms with Crippen LogP contribution in [-0.4, -0.2) is 30.8 Å². The van der Waals surface area contributed by atoms with E-state index in [1.165, 1.54) is 7.11 Å². The molecule has 0 amide bonds. The van der Waals surface area contributed by atoms with Gasteiger partial charge in [0.1, 0.15) is 0 Å². The Hall–Kier alpha value is -0.610. The minimum atomic E-state index is -0.913. The Kier molecular flexibility index (Phi) is 3.48.